The molecule has 2 rings (SSSR count). The number of anilines is 2. The van der Waals surface area contributed by atoms with Crippen molar-refractivity contribution in [1.82, 2.24) is 0 Å². The molecule has 0 aliphatic carbocycles. The Morgan fingerprint density at radius 3 is 2.26 bits per heavy atom. The van der Waals surface area contributed by atoms with Gasteiger partial charge in [-0.25, -0.2) is 4.79 Å². The molecule has 4 N–H and O–H groups in total. The number of carbonyl (C=O) groups is 3. The van der Waals surface area contributed by atoms with E-state index in [4.69, 9.17) is 27.9 Å². The molecule has 2 aromatic carbocycles. The van der Waals surface area contributed by atoms with Crippen LogP contribution in [0.2, 0.25) is 10.0 Å². The van der Waals surface area contributed by atoms with Crippen LogP contribution in [0.25, 0.3) is 0 Å². The number of carbonyl (C=O) groups excluding carboxylic acids is 3. The maximum absolute atomic E-state index is 12.1. The highest BCUT2D eigenvalue weighted by atomic mass is 35.5. The summed E-state index contributed by atoms with van der Waals surface area (Å²) < 4.78 is 4.82. The molecule has 0 heterocycles. The van der Waals surface area contributed by atoms with Crippen LogP contribution in [0.15, 0.2) is 30.3 Å². The average Bonchev–Trinajstić information content (AvgIpc) is 2.61. The minimum absolute atomic E-state index is 0.0737. The van der Waals surface area contributed by atoms with Crippen molar-refractivity contribution in [2.75, 3.05) is 17.2 Å². The molecule has 0 saturated carbocycles. The van der Waals surface area contributed by atoms with Crippen molar-refractivity contribution >= 4 is 52.4 Å². The first-order valence-corrected chi connectivity index (χ1v) is 8.29. The van der Waals surface area contributed by atoms with E-state index >= 15 is 0 Å². The first-order chi connectivity index (χ1) is 12.7. The lowest BCUT2D eigenvalue weighted by atomic mass is 10.2. The van der Waals surface area contributed by atoms with E-state index in [0.29, 0.717) is 0 Å². The zero-order valence-electron chi connectivity index (χ0n) is 13.9. The first kappa shape index (κ1) is 20.3. The molecule has 0 aromatic heterocycles. The highest BCUT2D eigenvalue weighted by molar-refractivity contribution is 6.44. The molecule has 142 valence electrons. The van der Waals surface area contributed by atoms with Gasteiger partial charge in [0, 0.05) is 5.02 Å². The standard InChI is InChI=1S/C17H14Cl2N2O6/c1-2-27-17(26)8-3-4-13(22)11(5-8)20-15(24)16(25)21-12-7-9(18)6-10(19)14(12)23/h3-7,22-23H,2H2,1H3,(H,20,24)(H,21,25). The Morgan fingerprint density at radius 2 is 1.63 bits per heavy atom. The smallest absolute Gasteiger partial charge is 0.338 e. The summed E-state index contributed by atoms with van der Waals surface area (Å²) in [6, 6.07) is 6.09. The Bertz CT molecular complexity index is 917. The lowest BCUT2D eigenvalue weighted by Crippen LogP contribution is -2.29. The van der Waals surface area contributed by atoms with Gasteiger partial charge in [-0.1, -0.05) is 23.2 Å². The van der Waals surface area contributed by atoms with Gasteiger partial charge in [0.15, 0.2) is 5.75 Å². The minimum atomic E-state index is -1.16. The van der Waals surface area contributed by atoms with Crippen molar-refractivity contribution < 1.29 is 29.3 Å². The third-order valence-corrected chi connectivity index (χ3v) is 3.74. The third-order valence-electron chi connectivity index (χ3n) is 3.24. The molecule has 0 aliphatic rings. The highest BCUT2D eigenvalue weighted by Gasteiger charge is 2.19. The quantitative estimate of drug-likeness (QED) is 0.347. The summed E-state index contributed by atoms with van der Waals surface area (Å²) >= 11 is 11.5. The SMILES string of the molecule is CCOC(=O)c1ccc(O)c(NC(=O)C(=O)Nc2cc(Cl)cc(Cl)c2O)c1. The fourth-order valence-electron chi connectivity index (χ4n) is 2.00. The summed E-state index contributed by atoms with van der Waals surface area (Å²) in [5.41, 5.74) is -0.268. The number of phenolic OH excluding ortho intramolecular Hbond substituents is 2. The van der Waals surface area contributed by atoms with Crippen LogP contribution in [0.1, 0.15) is 17.3 Å². The molecule has 0 aliphatic heterocycles. The summed E-state index contributed by atoms with van der Waals surface area (Å²) in [7, 11) is 0. The summed E-state index contributed by atoms with van der Waals surface area (Å²) in [6.07, 6.45) is 0. The van der Waals surface area contributed by atoms with Crippen molar-refractivity contribution in [3.05, 3.63) is 45.9 Å². The molecule has 2 aromatic rings. The predicted octanol–water partition coefficient (Wildman–Crippen LogP) is 3.16. The van der Waals surface area contributed by atoms with Crippen LogP contribution in [0, 0.1) is 0 Å². The molecule has 0 fully saturated rings. The Morgan fingerprint density at radius 1 is 1.00 bits per heavy atom. The van der Waals surface area contributed by atoms with Gasteiger partial charge in [0.2, 0.25) is 0 Å². The summed E-state index contributed by atoms with van der Waals surface area (Å²) in [6.45, 7) is 1.78. The van der Waals surface area contributed by atoms with Gasteiger partial charge in [0.25, 0.3) is 0 Å². The van der Waals surface area contributed by atoms with Gasteiger partial charge < -0.3 is 25.6 Å². The minimum Gasteiger partial charge on any atom is -0.506 e. The van der Waals surface area contributed by atoms with Crippen LogP contribution >= 0.6 is 23.2 Å². The molecule has 0 atom stereocenters. The van der Waals surface area contributed by atoms with Crippen LogP contribution in [0.5, 0.6) is 11.5 Å². The average molecular weight is 413 g/mol. The van der Waals surface area contributed by atoms with Gasteiger partial charge in [-0.3, -0.25) is 9.59 Å². The zero-order chi connectivity index (χ0) is 20.1. The van der Waals surface area contributed by atoms with Crippen molar-refractivity contribution in [3.63, 3.8) is 0 Å². The Balaban J connectivity index is 2.16. The van der Waals surface area contributed by atoms with Crippen molar-refractivity contribution in [1.29, 1.82) is 0 Å². The number of hydrogen-bond donors (Lipinski definition) is 4. The van der Waals surface area contributed by atoms with E-state index in [1.165, 1.54) is 24.3 Å². The van der Waals surface area contributed by atoms with Crippen molar-refractivity contribution in [2.45, 2.75) is 6.92 Å². The van der Waals surface area contributed by atoms with E-state index in [1.807, 2.05) is 0 Å². The molecule has 0 saturated heterocycles. The van der Waals surface area contributed by atoms with Crippen LogP contribution in [0.4, 0.5) is 11.4 Å². The van der Waals surface area contributed by atoms with E-state index in [0.717, 1.165) is 6.07 Å². The van der Waals surface area contributed by atoms with E-state index in [9.17, 15) is 24.6 Å². The van der Waals surface area contributed by atoms with Crippen LogP contribution in [0.3, 0.4) is 0 Å². The molecule has 8 nitrogen and oxygen atoms in total. The maximum atomic E-state index is 12.1. The fourth-order valence-corrected chi connectivity index (χ4v) is 2.49. The van der Waals surface area contributed by atoms with E-state index in [1.54, 1.807) is 6.92 Å². The topological polar surface area (TPSA) is 125 Å². The molecule has 27 heavy (non-hydrogen) atoms. The Kier molecular flexibility index (Phi) is 6.49. The van der Waals surface area contributed by atoms with Crippen LogP contribution < -0.4 is 10.6 Å². The van der Waals surface area contributed by atoms with Gasteiger partial charge in [-0.05, 0) is 37.3 Å². The van der Waals surface area contributed by atoms with Gasteiger partial charge >= 0.3 is 17.8 Å². The monoisotopic (exact) mass is 412 g/mol. The van der Waals surface area contributed by atoms with Gasteiger partial charge in [0.05, 0.1) is 28.6 Å². The number of nitrogens with one attached hydrogen (secondary N) is 2. The third kappa shape index (κ3) is 5.02. The largest absolute Gasteiger partial charge is 0.506 e. The molecule has 2 amide bonds. The van der Waals surface area contributed by atoms with E-state index in [2.05, 4.69) is 10.6 Å². The lowest BCUT2D eigenvalue weighted by molar-refractivity contribution is -0.133. The van der Waals surface area contributed by atoms with Crippen LogP contribution in [-0.4, -0.2) is 34.6 Å². The second kappa shape index (κ2) is 8.61. The molecular formula is C17H14Cl2N2O6. The number of amides is 2. The van der Waals surface area contributed by atoms with Crippen LogP contribution in [-0.2, 0) is 14.3 Å². The van der Waals surface area contributed by atoms with Crippen molar-refractivity contribution in [3.8, 4) is 11.5 Å². The predicted molar refractivity (Wildman–Crippen MR) is 99.4 cm³/mol. The lowest BCUT2D eigenvalue weighted by Gasteiger charge is -2.11. The number of halogens is 2. The number of aromatic hydroxyl groups is 2. The van der Waals surface area contributed by atoms with Crippen molar-refractivity contribution in [2.24, 2.45) is 0 Å². The maximum Gasteiger partial charge on any atom is 0.338 e. The highest BCUT2D eigenvalue weighted by Crippen LogP contribution is 2.35. The number of rotatable bonds is 4. The zero-order valence-corrected chi connectivity index (χ0v) is 15.4. The molecule has 0 bridgehead atoms. The number of benzene rings is 2. The summed E-state index contributed by atoms with van der Waals surface area (Å²) in [5.74, 6) is -3.81. The van der Waals surface area contributed by atoms with E-state index < -0.39 is 23.5 Å². The first-order valence-electron chi connectivity index (χ1n) is 7.53. The molecule has 0 radical (unpaired) electrons. The molecule has 0 unspecified atom stereocenters. The van der Waals surface area contributed by atoms with Gasteiger partial charge in [0.1, 0.15) is 5.75 Å². The van der Waals surface area contributed by atoms with Gasteiger partial charge in [-0.2, -0.15) is 0 Å². The molecule has 0 spiro atoms. The summed E-state index contributed by atoms with van der Waals surface area (Å²) in [4.78, 5) is 35.8. The second-order valence-electron chi connectivity index (χ2n) is 5.14. The number of hydrogen-bond acceptors (Lipinski definition) is 6. The Hall–Kier alpha value is -2.97. The fraction of sp³-hybridized carbons (Fsp3) is 0.118. The second-order valence-corrected chi connectivity index (χ2v) is 5.99. The normalized spacial score (nSPS) is 10.2. The number of esters is 1. The summed E-state index contributed by atoms with van der Waals surface area (Å²) in [5, 5.41) is 23.9. The van der Waals surface area contributed by atoms with Gasteiger partial charge in [-0.15, -0.1) is 0 Å². The number of ether oxygens (including phenoxy) is 1. The number of phenols is 2. The Labute approximate surface area is 163 Å². The molecule has 10 heteroatoms. The van der Waals surface area contributed by atoms with E-state index in [-0.39, 0.29) is 39.3 Å². The molecular weight excluding hydrogens is 399 g/mol.